The summed E-state index contributed by atoms with van der Waals surface area (Å²) in [6.45, 7) is 5.26. The highest BCUT2D eigenvalue weighted by Gasteiger charge is 2.54. The zero-order chi connectivity index (χ0) is 27.4. The molecule has 39 heavy (non-hydrogen) atoms. The van der Waals surface area contributed by atoms with E-state index in [0.29, 0.717) is 38.3 Å². The fourth-order valence-corrected chi connectivity index (χ4v) is 5.44. The third-order valence-corrected chi connectivity index (χ3v) is 7.74. The number of anilines is 3. The number of para-hydroxylation sites is 1. The third-order valence-electron chi connectivity index (χ3n) is 7.74. The lowest BCUT2D eigenvalue weighted by Crippen LogP contribution is -2.58. The Morgan fingerprint density at radius 3 is 2.10 bits per heavy atom. The van der Waals surface area contributed by atoms with E-state index in [1.165, 1.54) is 5.56 Å². The number of carbonyl (C=O) groups is 3. The summed E-state index contributed by atoms with van der Waals surface area (Å²) in [6, 6.07) is 25.1. The van der Waals surface area contributed by atoms with Gasteiger partial charge in [0.05, 0.1) is 6.67 Å². The van der Waals surface area contributed by atoms with E-state index in [4.69, 9.17) is 0 Å². The van der Waals surface area contributed by atoms with Gasteiger partial charge in [0.15, 0.2) is 0 Å². The van der Waals surface area contributed by atoms with Crippen LogP contribution in [0.25, 0.3) is 0 Å². The van der Waals surface area contributed by atoms with E-state index in [9.17, 15) is 14.4 Å². The maximum Gasteiger partial charge on any atom is 0.321 e. The molecule has 3 aromatic rings. The highest BCUT2D eigenvalue weighted by Crippen LogP contribution is 2.39. The average molecular weight is 526 g/mol. The first-order chi connectivity index (χ1) is 18.9. The molecule has 0 aromatic heterocycles. The van der Waals surface area contributed by atoms with Gasteiger partial charge in [0, 0.05) is 30.2 Å². The molecule has 2 aliphatic rings. The van der Waals surface area contributed by atoms with Crippen LogP contribution >= 0.6 is 0 Å². The van der Waals surface area contributed by atoms with Gasteiger partial charge in [-0.15, -0.1) is 0 Å². The predicted molar refractivity (Wildman–Crippen MR) is 154 cm³/mol. The molecule has 3 aromatic carbocycles. The van der Waals surface area contributed by atoms with E-state index in [-0.39, 0.29) is 24.4 Å². The molecular formula is C31H35N5O3. The standard InChI is InChI=1S/C31H35N5O3/c1-3-24-11-15-25(16-12-24)32-28(37)21-35-22-36(27-7-5-4-6-8-27)31(29(35)38)17-19-34(20-18-31)30(39)33-26-13-9-23(2)10-14-26/h4-16H,3,17-22H2,1-2H3,(H,32,37)(H,33,39). The Bertz CT molecular complexity index is 1320. The summed E-state index contributed by atoms with van der Waals surface area (Å²) in [5.74, 6) is -0.297. The molecule has 8 nitrogen and oxygen atoms in total. The fraction of sp³-hybridized carbons (Fsp3) is 0.323. The Morgan fingerprint density at radius 2 is 1.46 bits per heavy atom. The van der Waals surface area contributed by atoms with Gasteiger partial charge in [-0.25, -0.2) is 4.79 Å². The van der Waals surface area contributed by atoms with Crippen LogP contribution in [0.15, 0.2) is 78.9 Å². The lowest BCUT2D eigenvalue weighted by Gasteiger charge is -2.43. The molecule has 202 valence electrons. The minimum absolute atomic E-state index is 0.0307. The van der Waals surface area contributed by atoms with Crippen LogP contribution in [0.5, 0.6) is 0 Å². The molecule has 0 unspecified atom stereocenters. The Hall–Kier alpha value is -4.33. The molecule has 0 aliphatic carbocycles. The molecule has 2 N–H and O–H groups in total. The van der Waals surface area contributed by atoms with Crippen LogP contribution in [0.4, 0.5) is 21.9 Å². The van der Waals surface area contributed by atoms with Gasteiger partial charge in [0.1, 0.15) is 12.1 Å². The highest BCUT2D eigenvalue weighted by molar-refractivity contribution is 5.99. The second-order valence-corrected chi connectivity index (χ2v) is 10.3. The zero-order valence-corrected chi connectivity index (χ0v) is 22.5. The van der Waals surface area contributed by atoms with Gasteiger partial charge in [0.2, 0.25) is 5.91 Å². The quantitative estimate of drug-likeness (QED) is 0.481. The van der Waals surface area contributed by atoms with E-state index in [2.05, 4.69) is 22.5 Å². The van der Waals surface area contributed by atoms with Crippen molar-refractivity contribution in [2.75, 3.05) is 41.8 Å². The van der Waals surface area contributed by atoms with Crippen LogP contribution in [-0.2, 0) is 16.0 Å². The molecule has 2 fully saturated rings. The third kappa shape index (κ3) is 5.60. The van der Waals surface area contributed by atoms with Crippen molar-refractivity contribution in [3.8, 4) is 0 Å². The van der Waals surface area contributed by atoms with Crippen molar-refractivity contribution in [2.45, 2.75) is 38.6 Å². The first-order valence-electron chi connectivity index (χ1n) is 13.5. The van der Waals surface area contributed by atoms with Crippen molar-refractivity contribution in [3.05, 3.63) is 90.0 Å². The van der Waals surface area contributed by atoms with Gasteiger partial charge >= 0.3 is 6.03 Å². The number of rotatable bonds is 6. The number of aryl methyl sites for hydroxylation is 2. The Balaban J connectivity index is 1.28. The van der Waals surface area contributed by atoms with Gasteiger partial charge in [-0.05, 0) is 68.1 Å². The van der Waals surface area contributed by atoms with Crippen LogP contribution in [-0.4, -0.2) is 59.5 Å². The van der Waals surface area contributed by atoms with E-state index < -0.39 is 5.54 Å². The molecule has 1 spiro atoms. The highest BCUT2D eigenvalue weighted by atomic mass is 16.2. The van der Waals surface area contributed by atoms with Crippen LogP contribution < -0.4 is 15.5 Å². The lowest BCUT2D eigenvalue weighted by atomic mass is 9.85. The molecule has 0 atom stereocenters. The topological polar surface area (TPSA) is 85.0 Å². The van der Waals surface area contributed by atoms with Crippen LogP contribution in [0.1, 0.15) is 30.9 Å². The summed E-state index contributed by atoms with van der Waals surface area (Å²) in [5, 5.41) is 5.88. The number of likely N-dealkylation sites (tertiary alicyclic amines) is 1. The lowest BCUT2D eigenvalue weighted by molar-refractivity contribution is -0.136. The number of carbonyl (C=O) groups excluding carboxylic acids is 3. The second kappa shape index (κ2) is 11.2. The van der Waals surface area contributed by atoms with Crippen molar-refractivity contribution in [2.24, 2.45) is 0 Å². The number of nitrogens with zero attached hydrogens (tertiary/aromatic N) is 3. The van der Waals surface area contributed by atoms with Gasteiger partial charge in [-0.2, -0.15) is 0 Å². The molecule has 8 heteroatoms. The molecule has 2 heterocycles. The number of nitrogens with one attached hydrogen (secondary N) is 2. The number of amides is 4. The Morgan fingerprint density at radius 1 is 0.846 bits per heavy atom. The minimum Gasteiger partial charge on any atom is -0.339 e. The molecule has 0 bridgehead atoms. The van der Waals surface area contributed by atoms with E-state index in [1.54, 1.807) is 9.80 Å². The molecule has 0 saturated carbocycles. The van der Waals surface area contributed by atoms with Gasteiger partial charge < -0.3 is 25.3 Å². The number of piperidine rings is 1. The summed E-state index contributed by atoms with van der Waals surface area (Å²) in [5.41, 5.74) is 3.91. The van der Waals surface area contributed by atoms with Crippen LogP contribution in [0.3, 0.4) is 0 Å². The predicted octanol–water partition coefficient (Wildman–Crippen LogP) is 4.87. The van der Waals surface area contributed by atoms with Crippen molar-refractivity contribution in [1.82, 2.24) is 9.80 Å². The molecule has 2 aliphatic heterocycles. The van der Waals surface area contributed by atoms with Crippen LogP contribution in [0, 0.1) is 6.92 Å². The molecule has 4 amide bonds. The van der Waals surface area contributed by atoms with E-state index in [0.717, 1.165) is 23.4 Å². The minimum atomic E-state index is -0.801. The summed E-state index contributed by atoms with van der Waals surface area (Å²) in [7, 11) is 0. The largest absolute Gasteiger partial charge is 0.339 e. The van der Waals surface area contributed by atoms with Crippen molar-refractivity contribution in [3.63, 3.8) is 0 Å². The number of hydrogen-bond acceptors (Lipinski definition) is 4. The van der Waals surface area contributed by atoms with E-state index in [1.807, 2.05) is 85.8 Å². The Kier molecular flexibility index (Phi) is 7.54. The SMILES string of the molecule is CCc1ccc(NC(=O)CN2CN(c3ccccc3)C3(CCN(C(=O)Nc4ccc(C)cc4)CC3)C2=O)cc1. The molecule has 5 rings (SSSR count). The number of hydrogen-bond donors (Lipinski definition) is 2. The maximum atomic E-state index is 13.9. The smallest absolute Gasteiger partial charge is 0.321 e. The van der Waals surface area contributed by atoms with Crippen LogP contribution in [0.2, 0.25) is 0 Å². The summed E-state index contributed by atoms with van der Waals surface area (Å²) in [4.78, 5) is 45.3. The summed E-state index contributed by atoms with van der Waals surface area (Å²) >= 11 is 0. The monoisotopic (exact) mass is 525 g/mol. The maximum absolute atomic E-state index is 13.9. The normalized spacial score (nSPS) is 16.5. The summed E-state index contributed by atoms with van der Waals surface area (Å²) < 4.78 is 0. The van der Waals surface area contributed by atoms with Gasteiger partial charge in [-0.3, -0.25) is 9.59 Å². The number of urea groups is 1. The van der Waals surface area contributed by atoms with Crippen molar-refractivity contribution < 1.29 is 14.4 Å². The first kappa shape index (κ1) is 26.3. The second-order valence-electron chi connectivity index (χ2n) is 10.3. The molecule has 0 radical (unpaired) electrons. The van der Waals surface area contributed by atoms with Gasteiger partial charge in [0.25, 0.3) is 5.91 Å². The van der Waals surface area contributed by atoms with Crippen molar-refractivity contribution in [1.29, 1.82) is 0 Å². The Labute approximate surface area is 229 Å². The van der Waals surface area contributed by atoms with Gasteiger partial charge in [-0.1, -0.05) is 55.0 Å². The molecule has 2 saturated heterocycles. The first-order valence-corrected chi connectivity index (χ1v) is 13.5. The average Bonchev–Trinajstić information content (AvgIpc) is 3.21. The molecular weight excluding hydrogens is 490 g/mol. The van der Waals surface area contributed by atoms with E-state index >= 15 is 0 Å². The summed E-state index contributed by atoms with van der Waals surface area (Å²) in [6.07, 6.45) is 1.90. The fourth-order valence-electron chi connectivity index (χ4n) is 5.44. The van der Waals surface area contributed by atoms with Crippen molar-refractivity contribution >= 4 is 34.9 Å². The number of benzene rings is 3. The zero-order valence-electron chi connectivity index (χ0n) is 22.5.